The van der Waals surface area contributed by atoms with Gasteiger partial charge in [-0.3, -0.25) is 14.4 Å². The molecule has 2 amide bonds. The first-order valence-corrected chi connectivity index (χ1v) is 10.8. The van der Waals surface area contributed by atoms with Crippen LogP contribution in [0.2, 0.25) is 5.02 Å². The molecule has 35 heavy (non-hydrogen) atoms. The number of carbonyl (C=O) groups excluding carboxylic acids is 3. The second kappa shape index (κ2) is 10.8. The minimum Gasteiger partial charge on any atom is -0.479 e. The average Bonchev–Trinajstić information content (AvgIpc) is 2.77. The summed E-state index contributed by atoms with van der Waals surface area (Å²) in [5.41, 5.74) is 1.51. The molecule has 0 saturated heterocycles. The number of benzene rings is 1. The zero-order valence-electron chi connectivity index (χ0n) is 18.7. The SMILES string of the molecule is CC(C)=C(CCNC(=O)c1ccc(OC(F)(F)F)cn1)NC(=O)C1CC(=O)c2cc(Cl)ccc2O1. The minimum atomic E-state index is -4.86. The van der Waals surface area contributed by atoms with Gasteiger partial charge in [0.1, 0.15) is 17.2 Å². The van der Waals surface area contributed by atoms with Crippen molar-refractivity contribution in [1.82, 2.24) is 15.6 Å². The lowest BCUT2D eigenvalue weighted by Gasteiger charge is -2.25. The van der Waals surface area contributed by atoms with E-state index in [1.165, 1.54) is 12.1 Å². The maximum absolute atomic E-state index is 12.7. The van der Waals surface area contributed by atoms with E-state index in [-0.39, 0.29) is 36.6 Å². The topological polar surface area (TPSA) is 107 Å². The van der Waals surface area contributed by atoms with Crippen LogP contribution in [-0.4, -0.2) is 41.6 Å². The molecule has 1 atom stereocenters. The zero-order valence-corrected chi connectivity index (χ0v) is 19.4. The molecule has 0 fully saturated rings. The van der Waals surface area contributed by atoms with E-state index in [1.807, 2.05) is 0 Å². The summed E-state index contributed by atoms with van der Waals surface area (Å²) in [5, 5.41) is 5.71. The number of nitrogens with zero attached hydrogens (tertiary/aromatic N) is 1. The predicted molar refractivity (Wildman–Crippen MR) is 119 cm³/mol. The normalized spacial score (nSPS) is 14.9. The minimum absolute atomic E-state index is 0.102. The third kappa shape index (κ3) is 7.19. The molecule has 1 aliphatic heterocycles. The predicted octanol–water partition coefficient (Wildman–Crippen LogP) is 4.20. The number of pyridine rings is 1. The number of rotatable bonds is 7. The maximum atomic E-state index is 12.7. The Morgan fingerprint density at radius 1 is 1.23 bits per heavy atom. The second-order valence-electron chi connectivity index (χ2n) is 7.77. The van der Waals surface area contributed by atoms with Crippen molar-refractivity contribution in [1.29, 1.82) is 0 Å². The number of carbonyl (C=O) groups is 3. The number of amides is 2. The van der Waals surface area contributed by atoms with Gasteiger partial charge in [0.15, 0.2) is 11.9 Å². The van der Waals surface area contributed by atoms with Gasteiger partial charge in [-0.05, 0) is 44.2 Å². The molecular weight excluding hydrogens is 491 g/mol. The second-order valence-corrected chi connectivity index (χ2v) is 8.21. The van der Waals surface area contributed by atoms with Crippen LogP contribution in [0.3, 0.4) is 0 Å². The maximum Gasteiger partial charge on any atom is 0.573 e. The van der Waals surface area contributed by atoms with Crippen molar-refractivity contribution >= 4 is 29.2 Å². The van der Waals surface area contributed by atoms with Crippen LogP contribution in [0.1, 0.15) is 47.5 Å². The van der Waals surface area contributed by atoms with Crippen LogP contribution in [-0.2, 0) is 4.79 Å². The lowest BCUT2D eigenvalue weighted by molar-refractivity contribution is -0.274. The van der Waals surface area contributed by atoms with Crippen molar-refractivity contribution in [3.8, 4) is 11.5 Å². The van der Waals surface area contributed by atoms with Crippen LogP contribution in [0.4, 0.5) is 13.2 Å². The Kier molecular flexibility index (Phi) is 8.00. The molecular formula is C23H21ClF3N3O5. The Hall–Kier alpha value is -3.60. The number of Topliss-reactive ketones (excluding diaryl/α,β-unsaturated/α-hetero) is 1. The summed E-state index contributed by atoms with van der Waals surface area (Å²) in [6, 6.07) is 6.66. The fraction of sp³-hybridized carbons (Fsp3) is 0.304. The number of aromatic nitrogens is 1. The molecule has 2 heterocycles. The number of ether oxygens (including phenoxy) is 2. The van der Waals surface area contributed by atoms with E-state index in [0.717, 1.165) is 23.9 Å². The third-order valence-corrected chi connectivity index (χ3v) is 5.15. The van der Waals surface area contributed by atoms with Gasteiger partial charge in [-0.2, -0.15) is 0 Å². The van der Waals surface area contributed by atoms with Crippen LogP contribution >= 0.6 is 11.6 Å². The largest absolute Gasteiger partial charge is 0.573 e. The quantitative estimate of drug-likeness (QED) is 0.577. The molecule has 3 rings (SSSR count). The molecule has 0 radical (unpaired) electrons. The van der Waals surface area contributed by atoms with Gasteiger partial charge >= 0.3 is 6.36 Å². The van der Waals surface area contributed by atoms with Crippen molar-refractivity contribution in [2.45, 2.75) is 39.2 Å². The number of alkyl halides is 3. The van der Waals surface area contributed by atoms with E-state index >= 15 is 0 Å². The van der Waals surface area contributed by atoms with Crippen LogP contribution in [0.25, 0.3) is 0 Å². The summed E-state index contributed by atoms with van der Waals surface area (Å²) in [6.45, 7) is 3.64. The molecule has 0 aliphatic carbocycles. The molecule has 12 heteroatoms. The molecule has 0 saturated carbocycles. The van der Waals surface area contributed by atoms with E-state index in [9.17, 15) is 27.6 Å². The first-order chi connectivity index (χ1) is 16.4. The fourth-order valence-electron chi connectivity index (χ4n) is 3.21. The Bertz CT molecular complexity index is 1160. The number of nitrogens with one attached hydrogen (secondary N) is 2. The van der Waals surface area contributed by atoms with Gasteiger partial charge in [0.25, 0.3) is 11.8 Å². The summed E-state index contributed by atoms with van der Waals surface area (Å²) in [4.78, 5) is 41.0. The highest BCUT2D eigenvalue weighted by molar-refractivity contribution is 6.31. The summed E-state index contributed by atoms with van der Waals surface area (Å²) in [7, 11) is 0. The first-order valence-electron chi connectivity index (χ1n) is 10.4. The van der Waals surface area contributed by atoms with Gasteiger partial charge in [-0.25, -0.2) is 4.98 Å². The summed E-state index contributed by atoms with van der Waals surface area (Å²) in [5.74, 6) is -1.66. The van der Waals surface area contributed by atoms with E-state index in [4.69, 9.17) is 16.3 Å². The Morgan fingerprint density at radius 3 is 2.60 bits per heavy atom. The van der Waals surface area contributed by atoms with Crippen LogP contribution < -0.4 is 20.1 Å². The zero-order chi connectivity index (χ0) is 25.8. The molecule has 1 aromatic heterocycles. The number of halogens is 4. The van der Waals surface area contributed by atoms with E-state index in [1.54, 1.807) is 19.9 Å². The van der Waals surface area contributed by atoms with E-state index in [2.05, 4.69) is 20.4 Å². The van der Waals surface area contributed by atoms with Gasteiger partial charge in [0, 0.05) is 23.7 Å². The van der Waals surface area contributed by atoms with Crippen molar-refractivity contribution in [3.05, 3.63) is 64.1 Å². The number of fused-ring (bicyclic) bond motifs is 1. The van der Waals surface area contributed by atoms with Crippen LogP contribution in [0.5, 0.6) is 11.5 Å². The van der Waals surface area contributed by atoms with Crippen molar-refractivity contribution in [2.24, 2.45) is 0 Å². The highest BCUT2D eigenvalue weighted by Crippen LogP contribution is 2.30. The van der Waals surface area contributed by atoms with Crippen LogP contribution in [0.15, 0.2) is 47.8 Å². The number of hydrogen-bond acceptors (Lipinski definition) is 6. The van der Waals surface area contributed by atoms with E-state index in [0.29, 0.717) is 16.3 Å². The number of ketones is 1. The van der Waals surface area contributed by atoms with Gasteiger partial charge in [-0.15, -0.1) is 13.2 Å². The molecule has 186 valence electrons. The molecule has 1 aromatic carbocycles. The van der Waals surface area contributed by atoms with Gasteiger partial charge in [0.05, 0.1) is 18.2 Å². The molecule has 1 aliphatic rings. The molecule has 2 aromatic rings. The van der Waals surface area contributed by atoms with Gasteiger partial charge < -0.3 is 20.1 Å². The standard InChI is InChI=1S/C23H21ClF3N3O5/c1-12(2)16(7-8-28-21(32)17-5-4-14(11-29-17)35-23(25,26)27)30-22(33)20-10-18(31)15-9-13(24)3-6-19(15)34-20/h3-6,9,11,20H,7-8,10H2,1-2H3,(H,28,32)(H,30,33). The first kappa shape index (κ1) is 26.0. The van der Waals surface area contributed by atoms with Crippen molar-refractivity contribution < 1.29 is 37.0 Å². The Morgan fingerprint density at radius 2 is 1.97 bits per heavy atom. The highest BCUT2D eigenvalue weighted by atomic mass is 35.5. The summed E-state index contributed by atoms with van der Waals surface area (Å²) >= 11 is 5.91. The van der Waals surface area contributed by atoms with Crippen molar-refractivity contribution in [3.63, 3.8) is 0 Å². The number of hydrogen-bond donors (Lipinski definition) is 2. The Labute approximate surface area is 203 Å². The lowest BCUT2D eigenvalue weighted by Crippen LogP contribution is -2.42. The third-order valence-electron chi connectivity index (χ3n) is 4.92. The molecule has 1 unspecified atom stereocenters. The van der Waals surface area contributed by atoms with Crippen molar-refractivity contribution in [2.75, 3.05) is 6.54 Å². The Balaban J connectivity index is 1.54. The lowest BCUT2D eigenvalue weighted by atomic mass is 10.00. The highest BCUT2D eigenvalue weighted by Gasteiger charge is 2.32. The summed E-state index contributed by atoms with van der Waals surface area (Å²) in [6.07, 6.45) is -5.00. The molecule has 0 bridgehead atoms. The van der Waals surface area contributed by atoms with Gasteiger partial charge in [0.2, 0.25) is 0 Å². The van der Waals surface area contributed by atoms with Crippen LogP contribution in [0, 0.1) is 0 Å². The monoisotopic (exact) mass is 511 g/mol. The molecule has 0 spiro atoms. The average molecular weight is 512 g/mol. The fourth-order valence-corrected chi connectivity index (χ4v) is 3.38. The molecule has 8 nitrogen and oxygen atoms in total. The van der Waals surface area contributed by atoms with E-state index < -0.39 is 30.0 Å². The molecule has 2 N–H and O–H groups in total. The number of allylic oxidation sites excluding steroid dienone is 1. The summed E-state index contributed by atoms with van der Waals surface area (Å²) < 4.78 is 46.1. The smallest absolute Gasteiger partial charge is 0.479 e. The van der Waals surface area contributed by atoms with Gasteiger partial charge in [-0.1, -0.05) is 17.2 Å².